The van der Waals surface area contributed by atoms with Gasteiger partial charge in [0.2, 0.25) is 0 Å². The smallest absolute Gasteiger partial charge is 0.161 e. The Hall–Kier alpha value is -2.14. The summed E-state index contributed by atoms with van der Waals surface area (Å²) < 4.78 is 24.0. The summed E-state index contributed by atoms with van der Waals surface area (Å²) in [6.45, 7) is 2.85. The van der Waals surface area contributed by atoms with Gasteiger partial charge in [0.1, 0.15) is 24.6 Å². The summed E-state index contributed by atoms with van der Waals surface area (Å²) in [5.74, 6) is 0.836. The molecule has 4 nitrogen and oxygen atoms in total. The zero-order chi connectivity index (χ0) is 14.9. The first-order valence-corrected chi connectivity index (χ1v) is 6.88. The number of benzene rings is 1. The van der Waals surface area contributed by atoms with E-state index < -0.39 is 11.4 Å². The largest absolute Gasteiger partial charge is 0.486 e. The van der Waals surface area contributed by atoms with Gasteiger partial charge in [0.05, 0.1) is 11.9 Å². The van der Waals surface area contributed by atoms with Crippen LogP contribution in [-0.4, -0.2) is 23.3 Å². The Labute approximate surface area is 122 Å². The minimum atomic E-state index is -1.29. The van der Waals surface area contributed by atoms with Crippen molar-refractivity contribution >= 4 is 0 Å². The van der Waals surface area contributed by atoms with Crippen LogP contribution in [0.15, 0.2) is 36.5 Å². The number of aromatic nitrogens is 1. The molecule has 1 unspecified atom stereocenters. The molecule has 3 rings (SSSR count). The van der Waals surface area contributed by atoms with E-state index in [-0.39, 0.29) is 0 Å². The molecule has 1 aliphatic heterocycles. The number of rotatable bonds is 3. The normalized spacial score (nSPS) is 16.3. The van der Waals surface area contributed by atoms with Gasteiger partial charge in [0.25, 0.3) is 0 Å². The standard InChI is InChI=1S/C16H16FNO3/c1-2-16(19,15-6-4-12(17)10-18-15)11-3-5-13-14(9-11)21-8-7-20-13/h3-6,9-10,19H,2,7-8H2,1H3. The number of hydrogen-bond acceptors (Lipinski definition) is 4. The summed E-state index contributed by atoms with van der Waals surface area (Å²) in [5.41, 5.74) is -0.236. The molecule has 0 aliphatic carbocycles. The van der Waals surface area contributed by atoms with Gasteiger partial charge in [-0.15, -0.1) is 0 Å². The Morgan fingerprint density at radius 2 is 1.95 bits per heavy atom. The SMILES string of the molecule is CCC(O)(c1ccc2c(c1)OCCO2)c1ccc(F)cn1. The Morgan fingerprint density at radius 1 is 1.19 bits per heavy atom. The first-order chi connectivity index (χ1) is 10.1. The van der Waals surface area contributed by atoms with Crippen LogP contribution in [0.1, 0.15) is 24.6 Å². The molecule has 0 saturated heterocycles. The van der Waals surface area contributed by atoms with Gasteiger partial charge in [-0.1, -0.05) is 13.0 Å². The third-order valence-corrected chi connectivity index (χ3v) is 3.68. The number of aliphatic hydroxyl groups is 1. The van der Waals surface area contributed by atoms with Crippen molar-refractivity contribution in [2.45, 2.75) is 18.9 Å². The summed E-state index contributed by atoms with van der Waals surface area (Å²) in [4.78, 5) is 4.01. The molecule has 1 N–H and O–H groups in total. The molecule has 2 aromatic rings. The van der Waals surface area contributed by atoms with Gasteiger partial charge in [0.15, 0.2) is 11.5 Å². The summed E-state index contributed by atoms with van der Waals surface area (Å²) in [6.07, 6.45) is 1.51. The van der Waals surface area contributed by atoms with E-state index in [4.69, 9.17) is 9.47 Å². The molecule has 0 spiro atoms. The molecule has 0 fully saturated rings. The van der Waals surface area contributed by atoms with E-state index in [2.05, 4.69) is 4.98 Å². The highest BCUT2D eigenvalue weighted by molar-refractivity contribution is 5.47. The van der Waals surface area contributed by atoms with E-state index in [1.54, 1.807) is 18.2 Å². The molecule has 2 heterocycles. The number of pyridine rings is 1. The molecule has 5 heteroatoms. The van der Waals surface area contributed by atoms with E-state index in [9.17, 15) is 9.50 Å². The lowest BCUT2D eigenvalue weighted by Crippen LogP contribution is -2.28. The first-order valence-electron chi connectivity index (χ1n) is 6.88. The molecule has 1 aliphatic rings. The summed E-state index contributed by atoms with van der Waals surface area (Å²) in [7, 11) is 0. The van der Waals surface area contributed by atoms with Crippen LogP contribution in [0.4, 0.5) is 4.39 Å². The van der Waals surface area contributed by atoms with Crippen LogP contribution in [0, 0.1) is 5.82 Å². The van der Waals surface area contributed by atoms with Gasteiger partial charge in [-0.2, -0.15) is 0 Å². The van der Waals surface area contributed by atoms with Crippen molar-refractivity contribution in [3.8, 4) is 11.5 Å². The fourth-order valence-electron chi connectivity index (χ4n) is 2.45. The van der Waals surface area contributed by atoms with Gasteiger partial charge < -0.3 is 14.6 Å². The maximum absolute atomic E-state index is 13.0. The van der Waals surface area contributed by atoms with E-state index in [1.807, 2.05) is 6.92 Å². The van der Waals surface area contributed by atoms with Crippen molar-refractivity contribution in [3.63, 3.8) is 0 Å². The lowest BCUT2D eigenvalue weighted by Gasteiger charge is -2.28. The molecular formula is C16H16FNO3. The molecule has 21 heavy (non-hydrogen) atoms. The second-order valence-electron chi connectivity index (χ2n) is 4.93. The van der Waals surface area contributed by atoms with Crippen LogP contribution in [0.25, 0.3) is 0 Å². The molecule has 1 aromatic carbocycles. The zero-order valence-corrected chi connectivity index (χ0v) is 11.7. The highest BCUT2D eigenvalue weighted by atomic mass is 19.1. The summed E-state index contributed by atoms with van der Waals surface area (Å²) in [6, 6.07) is 8.09. The van der Waals surface area contributed by atoms with Crippen molar-refractivity contribution in [2.75, 3.05) is 13.2 Å². The maximum Gasteiger partial charge on any atom is 0.161 e. The highest BCUT2D eigenvalue weighted by Gasteiger charge is 2.32. The van der Waals surface area contributed by atoms with E-state index in [1.165, 1.54) is 12.1 Å². The van der Waals surface area contributed by atoms with Gasteiger partial charge >= 0.3 is 0 Å². The molecule has 1 atom stereocenters. The van der Waals surface area contributed by atoms with Gasteiger partial charge in [-0.25, -0.2) is 4.39 Å². The van der Waals surface area contributed by atoms with E-state index in [0.717, 1.165) is 6.20 Å². The Bertz CT molecular complexity index is 644. The van der Waals surface area contributed by atoms with Crippen molar-refractivity contribution in [1.82, 2.24) is 4.98 Å². The topological polar surface area (TPSA) is 51.6 Å². The second kappa shape index (κ2) is 5.33. The number of hydrogen-bond donors (Lipinski definition) is 1. The summed E-state index contributed by atoms with van der Waals surface area (Å²) in [5, 5.41) is 11.0. The van der Waals surface area contributed by atoms with Gasteiger partial charge in [-0.05, 0) is 36.2 Å². The molecule has 0 amide bonds. The van der Waals surface area contributed by atoms with Crippen molar-refractivity contribution in [2.24, 2.45) is 0 Å². The maximum atomic E-state index is 13.0. The Kier molecular flexibility index (Phi) is 3.51. The minimum absolute atomic E-state index is 0.406. The molecule has 110 valence electrons. The third-order valence-electron chi connectivity index (χ3n) is 3.68. The Morgan fingerprint density at radius 3 is 2.62 bits per heavy atom. The molecule has 0 radical (unpaired) electrons. The second-order valence-corrected chi connectivity index (χ2v) is 4.93. The molecule has 1 aromatic heterocycles. The predicted molar refractivity (Wildman–Crippen MR) is 74.9 cm³/mol. The quantitative estimate of drug-likeness (QED) is 0.943. The number of ether oxygens (including phenoxy) is 2. The van der Waals surface area contributed by atoms with E-state index >= 15 is 0 Å². The first kappa shape index (κ1) is 13.8. The fourth-order valence-corrected chi connectivity index (χ4v) is 2.45. The number of nitrogens with zero attached hydrogens (tertiary/aromatic N) is 1. The van der Waals surface area contributed by atoms with E-state index in [0.29, 0.717) is 42.4 Å². The van der Waals surface area contributed by atoms with Crippen molar-refractivity contribution < 1.29 is 19.0 Å². The van der Waals surface area contributed by atoms with Gasteiger partial charge in [0, 0.05) is 0 Å². The van der Waals surface area contributed by atoms with Crippen molar-refractivity contribution in [3.05, 3.63) is 53.6 Å². The van der Waals surface area contributed by atoms with Crippen LogP contribution in [0.5, 0.6) is 11.5 Å². The zero-order valence-electron chi connectivity index (χ0n) is 11.7. The molecule has 0 bridgehead atoms. The highest BCUT2D eigenvalue weighted by Crippen LogP contribution is 2.38. The van der Waals surface area contributed by atoms with Crippen LogP contribution in [-0.2, 0) is 5.60 Å². The minimum Gasteiger partial charge on any atom is -0.486 e. The number of halogens is 1. The predicted octanol–water partition coefficient (Wildman–Crippen LogP) is 2.64. The lowest BCUT2D eigenvalue weighted by atomic mass is 9.87. The average Bonchev–Trinajstić information content (AvgIpc) is 2.54. The Balaban J connectivity index is 2.04. The lowest BCUT2D eigenvalue weighted by molar-refractivity contribution is 0.0709. The van der Waals surface area contributed by atoms with Crippen LogP contribution in [0.3, 0.4) is 0 Å². The fraction of sp³-hybridized carbons (Fsp3) is 0.312. The molecule has 0 saturated carbocycles. The molecular weight excluding hydrogens is 273 g/mol. The van der Waals surface area contributed by atoms with Crippen LogP contribution < -0.4 is 9.47 Å². The number of fused-ring (bicyclic) bond motifs is 1. The monoisotopic (exact) mass is 289 g/mol. The van der Waals surface area contributed by atoms with Gasteiger partial charge in [-0.3, -0.25) is 4.98 Å². The average molecular weight is 289 g/mol. The van der Waals surface area contributed by atoms with Crippen molar-refractivity contribution in [1.29, 1.82) is 0 Å². The van der Waals surface area contributed by atoms with Crippen LogP contribution >= 0.6 is 0 Å². The van der Waals surface area contributed by atoms with Crippen LogP contribution in [0.2, 0.25) is 0 Å². The third kappa shape index (κ3) is 2.45. The summed E-state index contributed by atoms with van der Waals surface area (Å²) >= 11 is 0.